The van der Waals surface area contributed by atoms with Gasteiger partial charge in [-0.25, -0.2) is 9.78 Å². The third-order valence-electron chi connectivity index (χ3n) is 5.42. The maximum absolute atomic E-state index is 12.3. The van der Waals surface area contributed by atoms with Crippen molar-refractivity contribution >= 4 is 40.2 Å². The Morgan fingerprint density at radius 3 is 2.56 bits per heavy atom. The van der Waals surface area contributed by atoms with Crippen molar-refractivity contribution in [2.75, 3.05) is 6.61 Å². The van der Waals surface area contributed by atoms with Gasteiger partial charge in [-0.05, 0) is 58.5 Å². The van der Waals surface area contributed by atoms with Crippen LogP contribution in [0.1, 0.15) is 55.2 Å². The molecule has 2 aromatic heterocycles. The van der Waals surface area contributed by atoms with Gasteiger partial charge in [0.1, 0.15) is 15.9 Å². The van der Waals surface area contributed by atoms with E-state index >= 15 is 0 Å². The number of ether oxygens (including phenoxy) is 2. The Labute approximate surface area is 218 Å². The van der Waals surface area contributed by atoms with E-state index in [-0.39, 0.29) is 29.1 Å². The second-order valence-corrected chi connectivity index (χ2v) is 10.4. The lowest BCUT2D eigenvalue weighted by Crippen LogP contribution is -2.29. The number of esters is 1. The highest BCUT2D eigenvalue weighted by Gasteiger charge is 2.28. The van der Waals surface area contributed by atoms with Crippen LogP contribution in [0.25, 0.3) is 0 Å². The standard InChI is InChI=1S/C26H28ClIN2O4/c1-5-33-25(32)19-15-30(12-11-20(19)31)22(26(2,3)4)14-18-13-21(23(27)29-24(18)28)34-16-17-9-7-6-8-10-17/h6-13,15,22H,5,14,16H2,1-4H3/t22-/m0/s1. The number of nitrogens with zero attached hydrogens (tertiary/aromatic N) is 2. The molecule has 0 spiro atoms. The molecule has 3 rings (SSSR count). The summed E-state index contributed by atoms with van der Waals surface area (Å²) in [5.41, 5.74) is 1.46. The second kappa shape index (κ2) is 11.4. The first kappa shape index (κ1) is 26.2. The van der Waals surface area contributed by atoms with E-state index in [1.54, 1.807) is 19.3 Å². The minimum Gasteiger partial charge on any atom is -0.486 e. The van der Waals surface area contributed by atoms with Gasteiger partial charge in [-0.1, -0.05) is 62.7 Å². The van der Waals surface area contributed by atoms with Crippen LogP contribution in [0.5, 0.6) is 5.75 Å². The molecule has 180 valence electrons. The summed E-state index contributed by atoms with van der Waals surface area (Å²) in [6, 6.07) is 13.1. The van der Waals surface area contributed by atoms with Crippen LogP contribution in [0.15, 0.2) is 59.7 Å². The Morgan fingerprint density at radius 1 is 1.21 bits per heavy atom. The summed E-state index contributed by atoms with van der Waals surface area (Å²) >= 11 is 8.55. The van der Waals surface area contributed by atoms with Gasteiger partial charge in [0, 0.05) is 24.5 Å². The number of carbonyl (C=O) groups excluding carboxylic acids is 1. The van der Waals surface area contributed by atoms with Crippen LogP contribution in [0.3, 0.4) is 0 Å². The summed E-state index contributed by atoms with van der Waals surface area (Å²) in [7, 11) is 0. The van der Waals surface area contributed by atoms with Crippen LogP contribution in [-0.4, -0.2) is 22.1 Å². The van der Waals surface area contributed by atoms with Gasteiger partial charge in [-0.3, -0.25) is 4.79 Å². The normalized spacial score (nSPS) is 12.3. The highest BCUT2D eigenvalue weighted by molar-refractivity contribution is 14.1. The number of hydrogen-bond acceptors (Lipinski definition) is 5. The minimum absolute atomic E-state index is 0.0226. The number of aromatic nitrogens is 2. The van der Waals surface area contributed by atoms with Gasteiger partial charge in [-0.2, -0.15) is 0 Å². The van der Waals surface area contributed by atoms with Crippen LogP contribution in [-0.2, 0) is 17.8 Å². The van der Waals surface area contributed by atoms with Crippen molar-refractivity contribution in [3.05, 3.63) is 90.6 Å². The van der Waals surface area contributed by atoms with Crippen molar-refractivity contribution < 1.29 is 14.3 Å². The molecule has 1 aromatic carbocycles. The molecular formula is C26H28ClIN2O4. The lowest BCUT2D eigenvalue weighted by molar-refractivity contribution is 0.0523. The van der Waals surface area contributed by atoms with Crippen LogP contribution < -0.4 is 10.2 Å². The van der Waals surface area contributed by atoms with Gasteiger partial charge in [0.15, 0.2) is 16.3 Å². The highest BCUT2D eigenvalue weighted by Crippen LogP contribution is 2.36. The minimum atomic E-state index is -0.617. The zero-order chi connectivity index (χ0) is 24.9. The average Bonchev–Trinajstić information content (AvgIpc) is 2.78. The summed E-state index contributed by atoms with van der Waals surface area (Å²) in [4.78, 5) is 29.1. The molecular weight excluding hydrogens is 567 g/mol. The Hall–Kier alpha value is -2.39. The molecule has 2 heterocycles. The number of halogens is 2. The molecule has 0 bridgehead atoms. The largest absolute Gasteiger partial charge is 0.486 e. The van der Waals surface area contributed by atoms with Gasteiger partial charge >= 0.3 is 5.97 Å². The average molecular weight is 595 g/mol. The molecule has 0 fully saturated rings. The fraction of sp³-hybridized carbons (Fsp3) is 0.346. The van der Waals surface area contributed by atoms with Gasteiger partial charge in [-0.15, -0.1) is 0 Å². The maximum atomic E-state index is 12.3. The summed E-state index contributed by atoms with van der Waals surface area (Å²) in [5.74, 6) is -0.102. The van der Waals surface area contributed by atoms with E-state index in [9.17, 15) is 9.59 Å². The number of benzene rings is 1. The number of rotatable bonds is 8. The molecule has 6 nitrogen and oxygen atoms in total. The van der Waals surface area contributed by atoms with Crippen molar-refractivity contribution in [2.24, 2.45) is 5.41 Å². The van der Waals surface area contributed by atoms with Gasteiger partial charge in [0.05, 0.1) is 6.61 Å². The topological polar surface area (TPSA) is 70.4 Å². The molecule has 0 saturated heterocycles. The first-order valence-corrected chi connectivity index (χ1v) is 12.5. The molecule has 8 heteroatoms. The summed E-state index contributed by atoms with van der Waals surface area (Å²) in [6.07, 6.45) is 3.89. The van der Waals surface area contributed by atoms with Crippen molar-refractivity contribution in [1.82, 2.24) is 9.55 Å². The number of hydrogen-bond donors (Lipinski definition) is 0. The Morgan fingerprint density at radius 2 is 1.91 bits per heavy atom. The predicted molar refractivity (Wildman–Crippen MR) is 142 cm³/mol. The molecule has 1 atom stereocenters. The predicted octanol–water partition coefficient (Wildman–Crippen LogP) is 6.09. The smallest absolute Gasteiger partial charge is 0.343 e. The Bertz CT molecular complexity index is 1210. The van der Waals surface area contributed by atoms with Gasteiger partial charge in [0.2, 0.25) is 0 Å². The van der Waals surface area contributed by atoms with Gasteiger partial charge < -0.3 is 14.0 Å². The Balaban J connectivity index is 1.93. The lowest BCUT2D eigenvalue weighted by Gasteiger charge is -2.33. The van der Waals surface area contributed by atoms with Crippen LogP contribution in [0, 0.1) is 9.12 Å². The first-order chi connectivity index (χ1) is 16.1. The van der Waals surface area contributed by atoms with Crippen molar-refractivity contribution in [3.8, 4) is 5.75 Å². The fourth-order valence-corrected chi connectivity index (χ4v) is 4.55. The molecule has 0 aliphatic rings. The molecule has 0 unspecified atom stereocenters. The molecule has 0 amide bonds. The van der Waals surface area contributed by atoms with E-state index in [2.05, 4.69) is 48.3 Å². The summed E-state index contributed by atoms with van der Waals surface area (Å²) in [5, 5.41) is 0.310. The number of carbonyl (C=O) groups is 1. The zero-order valence-corrected chi connectivity index (χ0v) is 22.6. The van der Waals surface area contributed by atoms with E-state index < -0.39 is 5.97 Å². The van der Waals surface area contributed by atoms with Crippen LogP contribution >= 0.6 is 34.2 Å². The van der Waals surface area contributed by atoms with E-state index in [0.717, 1.165) is 14.8 Å². The highest BCUT2D eigenvalue weighted by atomic mass is 127. The number of pyridine rings is 2. The zero-order valence-electron chi connectivity index (χ0n) is 19.7. The summed E-state index contributed by atoms with van der Waals surface area (Å²) in [6.45, 7) is 8.64. The van der Waals surface area contributed by atoms with Crippen LogP contribution in [0.4, 0.5) is 0 Å². The molecule has 0 N–H and O–H groups in total. The molecule has 34 heavy (non-hydrogen) atoms. The van der Waals surface area contributed by atoms with Crippen molar-refractivity contribution in [1.29, 1.82) is 0 Å². The van der Waals surface area contributed by atoms with E-state index in [4.69, 9.17) is 21.1 Å². The monoisotopic (exact) mass is 594 g/mol. The lowest BCUT2D eigenvalue weighted by atomic mass is 9.83. The molecule has 0 aliphatic carbocycles. The quantitative estimate of drug-likeness (QED) is 0.179. The molecule has 3 aromatic rings. The second-order valence-electron chi connectivity index (χ2n) is 8.98. The van der Waals surface area contributed by atoms with Crippen molar-refractivity contribution in [2.45, 2.75) is 46.8 Å². The van der Waals surface area contributed by atoms with E-state index in [1.807, 2.05) is 41.0 Å². The van der Waals surface area contributed by atoms with E-state index in [0.29, 0.717) is 23.9 Å². The maximum Gasteiger partial charge on any atom is 0.343 e. The van der Waals surface area contributed by atoms with Gasteiger partial charge in [0.25, 0.3) is 0 Å². The van der Waals surface area contributed by atoms with Crippen LogP contribution in [0.2, 0.25) is 5.15 Å². The fourth-order valence-electron chi connectivity index (χ4n) is 3.59. The summed E-state index contributed by atoms with van der Waals surface area (Å²) < 4.78 is 13.7. The van der Waals surface area contributed by atoms with E-state index in [1.165, 1.54) is 6.07 Å². The first-order valence-electron chi connectivity index (χ1n) is 11.0. The third kappa shape index (κ3) is 6.60. The third-order valence-corrected chi connectivity index (χ3v) is 6.62. The molecule has 0 saturated carbocycles. The Kier molecular flexibility index (Phi) is 8.76. The SMILES string of the molecule is CCOC(=O)c1cn([C@@H](Cc2cc(OCc3ccccc3)c(Cl)nc2I)C(C)(C)C)ccc1=O. The van der Waals surface area contributed by atoms with Crippen molar-refractivity contribution in [3.63, 3.8) is 0 Å². The molecule has 0 aliphatic heterocycles. The molecule has 0 radical (unpaired) electrons.